The minimum absolute atomic E-state index is 0.163. The number of hydrogen-bond acceptors (Lipinski definition) is 7. The number of aromatic nitrogens is 3. The van der Waals surface area contributed by atoms with Gasteiger partial charge in [0.15, 0.2) is 0 Å². The topological polar surface area (TPSA) is 77.0 Å². The number of thioether (sulfide) groups is 1. The van der Waals surface area contributed by atoms with Crippen LogP contribution in [0.15, 0.2) is 59.6 Å². The van der Waals surface area contributed by atoms with Gasteiger partial charge in [-0.1, -0.05) is 53.2 Å². The van der Waals surface area contributed by atoms with Gasteiger partial charge >= 0.3 is 0 Å². The van der Waals surface area contributed by atoms with Crippen LogP contribution < -0.4 is 10.1 Å². The summed E-state index contributed by atoms with van der Waals surface area (Å²) < 4.78 is 5.31. The molecule has 0 unspecified atom stereocenters. The molecular formula is C23H18Cl2N4O2S2. The van der Waals surface area contributed by atoms with Crippen LogP contribution >= 0.6 is 46.3 Å². The van der Waals surface area contributed by atoms with E-state index in [0.717, 1.165) is 32.6 Å². The molecule has 0 aliphatic carbocycles. The summed E-state index contributed by atoms with van der Waals surface area (Å²) in [6, 6.07) is 16.6. The van der Waals surface area contributed by atoms with E-state index in [2.05, 4.69) is 20.5 Å². The van der Waals surface area contributed by atoms with Crippen LogP contribution in [0.3, 0.4) is 0 Å². The molecule has 4 aromatic rings. The lowest BCUT2D eigenvalue weighted by Gasteiger charge is -2.07. The van der Waals surface area contributed by atoms with Gasteiger partial charge in [-0.3, -0.25) is 4.79 Å². The second kappa shape index (κ2) is 10.5. The molecular weight excluding hydrogens is 499 g/mol. The monoisotopic (exact) mass is 516 g/mol. The molecule has 0 spiro atoms. The Balaban J connectivity index is 1.42. The first kappa shape index (κ1) is 23.5. The van der Waals surface area contributed by atoms with Crippen molar-refractivity contribution >= 4 is 57.9 Å². The molecule has 4 rings (SSSR count). The number of carbonyl (C=O) groups excluding carboxylic acids is 1. The van der Waals surface area contributed by atoms with E-state index in [-0.39, 0.29) is 11.7 Å². The van der Waals surface area contributed by atoms with Crippen molar-refractivity contribution in [2.45, 2.75) is 11.9 Å². The average Bonchev–Trinajstić information content (AvgIpc) is 3.22. The molecule has 2 heterocycles. The Labute approximate surface area is 209 Å². The quantitative estimate of drug-likeness (QED) is 0.278. The summed E-state index contributed by atoms with van der Waals surface area (Å²) in [5, 5.41) is 13.6. The number of thiazole rings is 1. The zero-order valence-electron chi connectivity index (χ0n) is 17.6. The summed E-state index contributed by atoms with van der Waals surface area (Å²) in [5.74, 6) is 0.734. The Hall–Kier alpha value is -2.65. The molecule has 6 nitrogen and oxygen atoms in total. The SMILES string of the molecule is COc1cccc(-c2nc(C)c(-c3ccc(SCC(=O)Nc4cccc(Cl)c4Cl)nn3)s2)c1. The van der Waals surface area contributed by atoms with Crippen LogP contribution in [-0.2, 0) is 4.79 Å². The third-order valence-electron chi connectivity index (χ3n) is 4.56. The first-order chi connectivity index (χ1) is 15.9. The number of aryl methyl sites for hydroxylation is 1. The number of amides is 1. The lowest BCUT2D eigenvalue weighted by molar-refractivity contribution is -0.113. The van der Waals surface area contributed by atoms with Crippen molar-refractivity contribution in [3.63, 3.8) is 0 Å². The molecule has 2 aromatic heterocycles. The molecule has 33 heavy (non-hydrogen) atoms. The minimum atomic E-state index is -0.212. The van der Waals surface area contributed by atoms with Crippen LogP contribution in [0.2, 0.25) is 10.0 Å². The number of carbonyl (C=O) groups is 1. The summed E-state index contributed by atoms with van der Waals surface area (Å²) in [6.45, 7) is 1.95. The number of halogens is 2. The second-order valence-electron chi connectivity index (χ2n) is 6.86. The highest BCUT2D eigenvalue weighted by Crippen LogP contribution is 2.35. The van der Waals surface area contributed by atoms with Gasteiger partial charge < -0.3 is 10.1 Å². The molecule has 0 aliphatic heterocycles. The minimum Gasteiger partial charge on any atom is -0.497 e. The molecule has 0 radical (unpaired) electrons. The van der Waals surface area contributed by atoms with Crippen molar-refractivity contribution in [1.82, 2.24) is 15.2 Å². The fourth-order valence-electron chi connectivity index (χ4n) is 2.96. The van der Waals surface area contributed by atoms with Gasteiger partial charge in [0.05, 0.1) is 39.2 Å². The van der Waals surface area contributed by atoms with Gasteiger partial charge in [-0.05, 0) is 43.3 Å². The Morgan fingerprint density at radius 2 is 1.94 bits per heavy atom. The fraction of sp³-hybridized carbons (Fsp3) is 0.130. The number of methoxy groups -OCH3 is 1. The van der Waals surface area contributed by atoms with E-state index in [0.29, 0.717) is 20.8 Å². The number of rotatable bonds is 7. The Morgan fingerprint density at radius 3 is 2.70 bits per heavy atom. The maximum absolute atomic E-state index is 12.3. The molecule has 2 aromatic carbocycles. The molecule has 1 amide bonds. The Kier molecular flexibility index (Phi) is 7.49. The van der Waals surface area contributed by atoms with Gasteiger partial charge in [0, 0.05) is 5.56 Å². The third-order valence-corrected chi connectivity index (χ3v) is 7.53. The molecule has 0 aliphatic rings. The molecule has 0 bridgehead atoms. The Bertz CT molecular complexity index is 1300. The highest BCUT2D eigenvalue weighted by Gasteiger charge is 2.14. The van der Waals surface area contributed by atoms with Crippen molar-refractivity contribution in [2.75, 3.05) is 18.2 Å². The fourth-order valence-corrected chi connectivity index (χ4v) is 4.95. The van der Waals surface area contributed by atoms with Gasteiger partial charge in [0.25, 0.3) is 0 Å². The molecule has 10 heteroatoms. The average molecular weight is 517 g/mol. The zero-order valence-corrected chi connectivity index (χ0v) is 20.8. The maximum Gasteiger partial charge on any atom is 0.234 e. The first-order valence-electron chi connectivity index (χ1n) is 9.77. The number of hydrogen-bond donors (Lipinski definition) is 1. The summed E-state index contributed by atoms with van der Waals surface area (Å²) in [6.07, 6.45) is 0. The van der Waals surface area contributed by atoms with Gasteiger partial charge in [0.2, 0.25) is 5.91 Å². The van der Waals surface area contributed by atoms with E-state index in [9.17, 15) is 4.79 Å². The van der Waals surface area contributed by atoms with Crippen molar-refractivity contribution in [3.8, 4) is 26.9 Å². The number of anilines is 1. The maximum atomic E-state index is 12.3. The van der Waals surface area contributed by atoms with E-state index in [1.165, 1.54) is 11.8 Å². The smallest absolute Gasteiger partial charge is 0.234 e. The Morgan fingerprint density at radius 1 is 1.12 bits per heavy atom. The van der Waals surface area contributed by atoms with Crippen LogP contribution in [0.5, 0.6) is 5.75 Å². The van der Waals surface area contributed by atoms with Gasteiger partial charge in [-0.2, -0.15) is 0 Å². The van der Waals surface area contributed by atoms with Crippen LogP contribution in [0.1, 0.15) is 5.69 Å². The molecule has 0 saturated heterocycles. The van der Waals surface area contributed by atoms with E-state index in [1.54, 1.807) is 36.6 Å². The van der Waals surface area contributed by atoms with E-state index >= 15 is 0 Å². The van der Waals surface area contributed by atoms with Crippen molar-refractivity contribution in [3.05, 3.63) is 70.3 Å². The van der Waals surface area contributed by atoms with Gasteiger partial charge in [-0.25, -0.2) is 4.98 Å². The van der Waals surface area contributed by atoms with Crippen LogP contribution in [0.4, 0.5) is 5.69 Å². The molecule has 1 N–H and O–H groups in total. The largest absolute Gasteiger partial charge is 0.497 e. The first-order valence-corrected chi connectivity index (χ1v) is 12.3. The standard InChI is InChI=1S/C23H18Cl2N4O2S2/c1-13-22(33-23(26-13)14-5-3-6-15(11-14)31-2)18-9-10-20(29-28-18)32-12-19(30)27-17-8-4-7-16(24)21(17)25/h3-11H,12H2,1-2H3,(H,27,30). The molecule has 0 saturated carbocycles. The van der Waals surface area contributed by atoms with E-state index in [1.807, 2.05) is 43.3 Å². The van der Waals surface area contributed by atoms with Crippen molar-refractivity contribution < 1.29 is 9.53 Å². The summed E-state index contributed by atoms with van der Waals surface area (Å²) >= 11 is 14.9. The number of nitrogens with zero attached hydrogens (tertiary/aromatic N) is 3. The lowest BCUT2D eigenvalue weighted by atomic mass is 10.2. The van der Waals surface area contributed by atoms with E-state index < -0.39 is 0 Å². The number of ether oxygens (including phenoxy) is 1. The predicted octanol–water partition coefficient (Wildman–Crippen LogP) is 6.62. The lowest BCUT2D eigenvalue weighted by Crippen LogP contribution is -2.14. The normalized spacial score (nSPS) is 10.8. The van der Waals surface area contributed by atoms with Crippen LogP contribution in [-0.4, -0.2) is 34.0 Å². The van der Waals surface area contributed by atoms with Crippen molar-refractivity contribution in [2.24, 2.45) is 0 Å². The third kappa shape index (κ3) is 5.65. The van der Waals surface area contributed by atoms with Gasteiger partial charge in [0.1, 0.15) is 21.5 Å². The van der Waals surface area contributed by atoms with Gasteiger partial charge in [-0.15, -0.1) is 21.5 Å². The van der Waals surface area contributed by atoms with Crippen molar-refractivity contribution in [1.29, 1.82) is 0 Å². The molecule has 168 valence electrons. The van der Waals surface area contributed by atoms with E-state index in [4.69, 9.17) is 27.9 Å². The zero-order chi connectivity index (χ0) is 23.4. The predicted molar refractivity (Wildman–Crippen MR) is 136 cm³/mol. The highest BCUT2D eigenvalue weighted by atomic mass is 35.5. The molecule has 0 atom stereocenters. The van der Waals surface area contributed by atoms with Crippen LogP contribution in [0, 0.1) is 6.92 Å². The summed E-state index contributed by atoms with van der Waals surface area (Å²) in [4.78, 5) is 17.9. The van der Waals surface area contributed by atoms with Crippen LogP contribution in [0.25, 0.3) is 21.1 Å². The number of benzene rings is 2. The molecule has 0 fully saturated rings. The number of nitrogens with one attached hydrogen (secondary N) is 1. The summed E-state index contributed by atoms with van der Waals surface area (Å²) in [7, 11) is 1.64. The highest BCUT2D eigenvalue weighted by molar-refractivity contribution is 7.99. The summed E-state index contributed by atoms with van der Waals surface area (Å²) in [5.41, 5.74) is 3.08. The second-order valence-corrected chi connectivity index (χ2v) is 9.64.